The van der Waals surface area contributed by atoms with E-state index in [4.69, 9.17) is 10.8 Å². The number of carbonyl (C=O) groups excluding carboxylic acids is 1. The van der Waals surface area contributed by atoms with Gasteiger partial charge in [0.25, 0.3) is 0 Å². The van der Waals surface area contributed by atoms with Crippen LogP contribution in [-0.4, -0.2) is 32.8 Å². The Morgan fingerprint density at radius 1 is 1.59 bits per heavy atom. The predicted molar refractivity (Wildman–Crippen MR) is 61.3 cm³/mol. The van der Waals surface area contributed by atoms with Crippen LogP contribution >= 0.6 is 0 Å². The molecule has 1 atom stereocenters. The second-order valence-electron chi connectivity index (χ2n) is 4.08. The van der Waals surface area contributed by atoms with Crippen LogP contribution in [0, 0.1) is 5.92 Å². The van der Waals surface area contributed by atoms with E-state index in [9.17, 15) is 9.59 Å². The van der Waals surface area contributed by atoms with E-state index in [0.29, 0.717) is 5.69 Å². The number of nitrogens with one attached hydrogen (secondary N) is 1. The number of rotatable bonds is 5. The Kier molecular flexibility index (Phi) is 4.22. The lowest BCUT2D eigenvalue weighted by Crippen LogP contribution is -2.39. The molecular weight excluding hydrogens is 224 g/mol. The molecule has 4 N–H and O–H groups in total. The molecule has 1 aromatic rings. The molecular formula is C10H16N4O3. The molecule has 7 heteroatoms. The SMILES string of the molecule is CC(C)C(N)C(=O)Nc1cnn(CC(=O)O)c1. The zero-order valence-electron chi connectivity index (χ0n) is 9.75. The molecule has 0 aliphatic heterocycles. The van der Waals surface area contributed by atoms with Gasteiger partial charge in [-0.1, -0.05) is 13.8 Å². The molecule has 94 valence electrons. The minimum Gasteiger partial charge on any atom is -0.480 e. The van der Waals surface area contributed by atoms with Crippen molar-refractivity contribution in [2.24, 2.45) is 11.7 Å². The van der Waals surface area contributed by atoms with Gasteiger partial charge in [-0.3, -0.25) is 14.3 Å². The van der Waals surface area contributed by atoms with E-state index in [-0.39, 0.29) is 18.4 Å². The number of hydrogen-bond acceptors (Lipinski definition) is 4. The molecule has 0 bridgehead atoms. The number of aromatic nitrogens is 2. The average Bonchev–Trinajstić information content (AvgIpc) is 2.63. The molecule has 0 aromatic carbocycles. The maximum Gasteiger partial charge on any atom is 0.325 e. The summed E-state index contributed by atoms with van der Waals surface area (Å²) < 4.78 is 1.22. The van der Waals surface area contributed by atoms with E-state index in [1.165, 1.54) is 17.1 Å². The third-order valence-corrected chi connectivity index (χ3v) is 2.22. The Morgan fingerprint density at radius 2 is 2.24 bits per heavy atom. The van der Waals surface area contributed by atoms with Crippen LogP contribution in [0.1, 0.15) is 13.8 Å². The van der Waals surface area contributed by atoms with Crippen LogP contribution in [0.3, 0.4) is 0 Å². The predicted octanol–water partition coefficient (Wildman–Crippen LogP) is -0.111. The Hall–Kier alpha value is -1.89. The molecule has 0 saturated heterocycles. The summed E-state index contributed by atoms with van der Waals surface area (Å²) in [5.74, 6) is -1.27. The highest BCUT2D eigenvalue weighted by Gasteiger charge is 2.17. The van der Waals surface area contributed by atoms with Gasteiger partial charge in [0.1, 0.15) is 6.54 Å². The highest BCUT2D eigenvalue weighted by atomic mass is 16.4. The summed E-state index contributed by atoms with van der Waals surface area (Å²) in [5.41, 5.74) is 6.10. The number of nitrogens with zero attached hydrogens (tertiary/aromatic N) is 2. The van der Waals surface area contributed by atoms with Gasteiger partial charge in [0.15, 0.2) is 0 Å². The summed E-state index contributed by atoms with van der Waals surface area (Å²) in [6.07, 6.45) is 2.83. The maximum atomic E-state index is 11.6. The summed E-state index contributed by atoms with van der Waals surface area (Å²) >= 11 is 0. The number of carboxylic acid groups (broad SMARTS) is 1. The fourth-order valence-corrected chi connectivity index (χ4v) is 1.18. The molecule has 1 aromatic heterocycles. The van der Waals surface area contributed by atoms with Crippen LogP contribution < -0.4 is 11.1 Å². The molecule has 1 amide bonds. The van der Waals surface area contributed by atoms with Crippen LogP contribution in [-0.2, 0) is 16.1 Å². The monoisotopic (exact) mass is 240 g/mol. The molecule has 0 saturated carbocycles. The Bertz CT molecular complexity index is 413. The average molecular weight is 240 g/mol. The van der Waals surface area contributed by atoms with Crippen LogP contribution in [0.2, 0.25) is 0 Å². The van der Waals surface area contributed by atoms with Crippen molar-refractivity contribution in [2.45, 2.75) is 26.4 Å². The number of nitrogens with two attached hydrogens (primary N) is 1. The van der Waals surface area contributed by atoms with Gasteiger partial charge >= 0.3 is 5.97 Å². The van der Waals surface area contributed by atoms with Crippen molar-refractivity contribution in [3.8, 4) is 0 Å². The highest BCUT2D eigenvalue weighted by Crippen LogP contribution is 2.07. The number of carbonyl (C=O) groups is 2. The number of amides is 1. The largest absolute Gasteiger partial charge is 0.480 e. The van der Waals surface area contributed by atoms with Crippen LogP contribution in [0.25, 0.3) is 0 Å². The first-order valence-electron chi connectivity index (χ1n) is 5.21. The Morgan fingerprint density at radius 3 is 2.76 bits per heavy atom. The summed E-state index contributed by atoms with van der Waals surface area (Å²) in [6, 6.07) is -0.599. The van der Waals surface area contributed by atoms with E-state index in [1.807, 2.05) is 13.8 Å². The third-order valence-electron chi connectivity index (χ3n) is 2.22. The number of hydrogen-bond donors (Lipinski definition) is 3. The molecule has 17 heavy (non-hydrogen) atoms. The number of carboxylic acids is 1. The Labute approximate surface area is 98.6 Å². The van der Waals surface area contributed by atoms with Crippen molar-refractivity contribution in [1.82, 2.24) is 9.78 Å². The minimum atomic E-state index is -0.996. The van der Waals surface area contributed by atoms with Crippen molar-refractivity contribution < 1.29 is 14.7 Å². The van der Waals surface area contributed by atoms with Crippen molar-refractivity contribution in [1.29, 1.82) is 0 Å². The summed E-state index contributed by atoms with van der Waals surface area (Å²) in [7, 11) is 0. The second-order valence-corrected chi connectivity index (χ2v) is 4.08. The molecule has 7 nitrogen and oxygen atoms in total. The van der Waals surface area contributed by atoms with E-state index in [2.05, 4.69) is 10.4 Å². The van der Waals surface area contributed by atoms with Gasteiger partial charge in [0.2, 0.25) is 5.91 Å². The summed E-state index contributed by atoms with van der Waals surface area (Å²) in [6.45, 7) is 3.45. The topological polar surface area (TPSA) is 110 Å². The Balaban J connectivity index is 2.60. The first-order valence-corrected chi connectivity index (χ1v) is 5.21. The lowest BCUT2D eigenvalue weighted by atomic mass is 10.1. The molecule has 1 rings (SSSR count). The highest BCUT2D eigenvalue weighted by molar-refractivity contribution is 5.94. The van der Waals surface area contributed by atoms with Crippen LogP contribution in [0.4, 0.5) is 5.69 Å². The van der Waals surface area contributed by atoms with E-state index >= 15 is 0 Å². The molecule has 0 radical (unpaired) electrons. The molecule has 1 unspecified atom stereocenters. The molecule has 0 fully saturated rings. The van der Waals surface area contributed by atoms with Crippen molar-refractivity contribution in [2.75, 3.05) is 5.32 Å². The van der Waals surface area contributed by atoms with Crippen LogP contribution in [0.5, 0.6) is 0 Å². The zero-order chi connectivity index (χ0) is 13.0. The second kappa shape index (κ2) is 5.44. The van der Waals surface area contributed by atoms with E-state index in [1.54, 1.807) is 0 Å². The van der Waals surface area contributed by atoms with Crippen molar-refractivity contribution in [3.05, 3.63) is 12.4 Å². The van der Waals surface area contributed by atoms with Gasteiger partial charge < -0.3 is 16.2 Å². The van der Waals surface area contributed by atoms with Crippen LogP contribution in [0.15, 0.2) is 12.4 Å². The maximum absolute atomic E-state index is 11.6. The minimum absolute atomic E-state index is 0.0315. The summed E-state index contributed by atoms with van der Waals surface area (Å²) in [4.78, 5) is 22.0. The quantitative estimate of drug-likeness (QED) is 0.665. The zero-order valence-corrected chi connectivity index (χ0v) is 9.75. The van der Waals surface area contributed by atoms with E-state index in [0.717, 1.165) is 0 Å². The molecule has 0 spiro atoms. The lowest BCUT2D eigenvalue weighted by Gasteiger charge is -2.14. The van der Waals surface area contributed by atoms with Gasteiger partial charge in [-0.05, 0) is 5.92 Å². The first-order chi connectivity index (χ1) is 7.90. The van der Waals surface area contributed by atoms with Crippen molar-refractivity contribution >= 4 is 17.6 Å². The smallest absolute Gasteiger partial charge is 0.325 e. The van der Waals surface area contributed by atoms with Crippen molar-refractivity contribution in [3.63, 3.8) is 0 Å². The normalized spacial score (nSPS) is 12.5. The molecule has 0 aliphatic carbocycles. The van der Waals surface area contributed by atoms with Gasteiger partial charge in [0, 0.05) is 6.20 Å². The van der Waals surface area contributed by atoms with Gasteiger partial charge in [-0.2, -0.15) is 5.10 Å². The standard InChI is InChI=1S/C10H16N4O3/c1-6(2)9(11)10(17)13-7-3-12-14(4-7)5-8(15)16/h3-4,6,9H,5,11H2,1-2H3,(H,13,17)(H,15,16). The van der Waals surface area contributed by atoms with Gasteiger partial charge in [0.05, 0.1) is 17.9 Å². The number of aliphatic carboxylic acids is 1. The van der Waals surface area contributed by atoms with Gasteiger partial charge in [-0.25, -0.2) is 0 Å². The van der Waals surface area contributed by atoms with E-state index < -0.39 is 12.0 Å². The molecule has 0 aliphatic rings. The lowest BCUT2D eigenvalue weighted by molar-refractivity contribution is -0.137. The third kappa shape index (κ3) is 3.87. The fourth-order valence-electron chi connectivity index (χ4n) is 1.18. The summed E-state index contributed by atoms with van der Waals surface area (Å²) in [5, 5.41) is 14.9. The first kappa shape index (κ1) is 13.2. The molecule has 1 heterocycles. The van der Waals surface area contributed by atoms with Gasteiger partial charge in [-0.15, -0.1) is 0 Å². The number of anilines is 1. The fraction of sp³-hybridized carbons (Fsp3) is 0.500.